The lowest BCUT2D eigenvalue weighted by molar-refractivity contribution is -0.138. The SMILES string of the molecule is C=CC(=O)OCCSP(SCCOC(=O)C=C)SCCOC(=O)C=C. The zero-order chi connectivity index (χ0) is 18.9. The number of rotatable bonds is 15. The number of hydrogen-bond donors (Lipinski definition) is 0. The quantitative estimate of drug-likeness (QED) is 0.129. The van der Waals surface area contributed by atoms with Gasteiger partial charge in [-0.15, -0.1) is 34.1 Å². The van der Waals surface area contributed by atoms with Crippen LogP contribution in [0.4, 0.5) is 0 Å². The maximum atomic E-state index is 11.0. The van der Waals surface area contributed by atoms with Gasteiger partial charge < -0.3 is 14.2 Å². The fourth-order valence-corrected chi connectivity index (χ4v) is 10.9. The predicted octanol–water partition coefficient (Wildman–Crippen LogP) is 3.60. The molecule has 10 heteroatoms. The summed E-state index contributed by atoms with van der Waals surface area (Å²) in [6, 6.07) is 0. The summed E-state index contributed by atoms with van der Waals surface area (Å²) in [6.07, 6.45) is 3.37. The second-order valence-electron chi connectivity index (χ2n) is 3.84. The Morgan fingerprint density at radius 3 is 1.20 bits per heavy atom. The number of esters is 3. The number of carbonyl (C=O) groups excluding carboxylic acids is 3. The van der Waals surface area contributed by atoms with E-state index < -0.39 is 23.4 Å². The molecule has 0 aliphatic rings. The van der Waals surface area contributed by atoms with Crippen molar-refractivity contribution in [2.24, 2.45) is 0 Å². The van der Waals surface area contributed by atoms with Gasteiger partial charge in [-0.3, -0.25) is 0 Å². The number of ether oxygens (including phenoxy) is 3. The Morgan fingerprint density at radius 1 is 0.680 bits per heavy atom. The summed E-state index contributed by atoms with van der Waals surface area (Å²) in [5, 5.41) is 0. The molecule has 0 spiro atoms. The molecule has 0 radical (unpaired) electrons. The molecule has 0 aromatic heterocycles. The summed E-state index contributed by atoms with van der Waals surface area (Å²) >= 11 is 4.98. The monoisotopic (exact) mass is 424 g/mol. The molecule has 0 aromatic carbocycles. The largest absolute Gasteiger partial charge is 0.462 e. The molecular formula is C15H21O6PS3. The summed E-state index contributed by atoms with van der Waals surface area (Å²) < 4.78 is 14.8. The van der Waals surface area contributed by atoms with Crippen molar-refractivity contribution in [1.82, 2.24) is 0 Å². The molecule has 0 fully saturated rings. The lowest BCUT2D eigenvalue weighted by Crippen LogP contribution is -2.04. The lowest BCUT2D eigenvalue weighted by Gasteiger charge is -2.15. The first-order valence-electron chi connectivity index (χ1n) is 7.10. The third kappa shape index (κ3) is 15.1. The summed E-state index contributed by atoms with van der Waals surface area (Å²) in [4.78, 5) is 33.0. The molecule has 0 atom stereocenters. The van der Waals surface area contributed by atoms with Gasteiger partial charge in [0.15, 0.2) is 0 Å². The van der Waals surface area contributed by atoms with Crippen LogP contribution in [0.1, 0.15) is 0 Å². The molecule has 25 heavy (non-hydrogen) atoms. The van der Waals surface area contributed by atoms with E-state index in [1.807, 2.05) is 0 Å². The van der Waals surface area contributed by atoms with Gasteiger partial charge in [-0.2, -0.15) is 0 Å². The average molecular weight is 425 g/mol. The van der Waals surface area contributed by atoms with E-state index >= 15 is 0 Å². The van der Waals surface area contributed by atoms with Crippen LogP contribution in [0.25, 0.3) is 0 Å². The van der Waals surface area contributed by atoms with E-state index in [0.717, 1.165) is 18.2 Å². The van der Waals surface area contributed by atoms with Gasteiger partial charge in [0, 0.05) is 35.5 Å². The summed E-state index contributed by atoms with van der Waals surface area (Å²) in [7, 11) is 0. The van der Waals surface area contributed by atoms with Gasteiger partial charge in [0.25, 0.3) is 0 Å². The van der Waals surface area contributed by atoms with Crippen molar-refractivity contribution in [1.29, 1.82) is 0 Å². The molecule has 0 aromatic rings. The van der Waals surface area contributed by atoms with Crippen LogP contribution in [0.15, 0.2) is 38.0 Å². The molecule has 0 rings (SSSR count). The van der Waals surface area contributed by atoms with E-state index in [0.29, 0.717) is 37.1 Å². The summed E-state index contributed by atoms with van der Waals surface area (Å²) in [5.41, 5.74) is -0.567. The zero-order valence-corrected chi connectivity index (χ0v) is 17.1. The summed E-state index contributed by atoms with van der Waals surface area (Å²) in [6.45, 7) is 10.9. The number of hydrogen-bond acceptors (Lipinski definition) is 9. The Bertz CT molecular complexity index is 406. The minimum Gasteiger partial charge on any atom is -0.462 e. The van der Waals surface area contributed by atoms with Crippen LogP contribution in [0.3, 0.4) is 0 Å². The Kier molecular flexibility index (Phi) is 16.0. The highest BCUT2D eigenvalue weighted by molar-refractivity contribution is 9.12. The minimum atomic E-state index is -0.567. The Morgan fingerprint density at radius 2 is 0.960 bits per heavy atom. The molecule has 0 heterocycles. The van der Waals surface area contributed by atoms with E-state index in [1.54, 1.807) is 34.1 Å². The molecule has 0 N–H and O–H groups in total. The second-order valence-corrected chi connectivity index (χ2v) is 14.0. The Labute approximate surface area is 161 Å². The van der Waals surface area contributed by atoms with Crippen molar-refractivity contribution >= 4 is 57.6 Å². The molecule has 6 nitrogen and oxygen atoms in total. The molecule has 0 aliphatic heterocycles. The van der Waals surface area contributed by atoms with Crippen LogP contribution in [0.5, 0.6) is 0 Å². The van der Waals surface area contributed by atoms with Gasteiger partial charge in [0.1, 0.15) is 19.8 Å². The van der Waals surface area contributed by atoms with Gasteiger partial charge in [-0.05, 0) is 0 Å². The maximum Gasteiger partial charge on any atom is 0.330 e. The van der Waals surface area contributed by atoms with Crippen LogP contribution in [0, 0.1) is 0 Å². The van der Waals surface area contributed by atoms with E-state index in [1.165, 1.54) is 0 Å². The zero-order valence-electron chi connectivity index (χ0n) is 13.7. The molecule has 0 unspecified atom stereocenters. The maximum absolute atomic E-state index is 11.0. The predicted molar refractivity (Wildman–Crippen MR) is 108 cm³/mol. The van der Waals surface area contributed by atoms with Crippen molar-refractivity contribution < 1.29 is 28.6 Å². The molecular weight excluding hydrogens is 403 g/mol. The van der Waals surface area contributed by atoms with Gasteiger partial charge in [-0.25, -0.2) is 14.4 Å². The van der Waals surface area contributed by atoms with Crippen molar-refractivity contribution in [2.45, 2.75) is 0 Å². The van der Waals surface area contributed by atoms with E-state index in [9.17, 15) is 14.4 Å². The van der Waals surface area contributed by atoms with E-state index in [4.69, 9.17) is 14.2 Å². The molecule has 0 saturated carbocycles. The van der Waals surface area contributed by atoms with Crippen LogP contribution in [-0.2, 0) is 28.6 Å². The fourth-order valence-electron chi connectivity index (χ4n) is 1.05. The van der Waals surface area contributed by atoms with Gasteiger partial charge in [-0.1, -0.05) is 19.7 Å². The normalized spacial score (nSPS) is 9.96. The Hall–Kier alpha value is -0.890. The van der Waals surface area contributed by atoms with Crippen molar-refractivity contribution in [3.8, 4) is 0 Å². The topological polar surface area (TPSA) is 78.9 Å². The first-order chi connectivity index (χ1) is 12.0. The van der Waals surface area contributed by atoms with Gasteiger partial charge in [0.2, 0.25) is 0 Å². The third-order valence-electron chi connectivity index (χ3n) is 2.07. The number of carbonyl (C=O) groups is 3. The highest BCUT2D eigenvalue weighted by Gasteiger charge is 2.12. The lowest BCUT2D eigenvalue weighted by atomic mass is 10.6. The van der Waals surface area contributed by atoms with Crippen molar-refractivity contribution in [3.05, 3.63) is 38.0 Å². The van der Waals surface area contributed by atoms with Crippen LogP contribution >= 0.6 is 39.7 Å². The molecule has 0 amide bonds. The van der Waals surface area contributed by atoms with Crippen LogP contribution < -0.4 is 0 Å². The average Bonchev–Trinajstić information content (AvgIpc) is 2.63. The molecule has 0 saturated heterocycles. The molecule has 0 aliphatic carbocycles. The van der Waals surface area contributed by atoms with Crippen molar-refractivity contribution in [2.75, 3.05) is 37.1 Å². The van der Waals surface area contributed by atoms with E-state index in [-0.39, 0.29) is 0 Å². The minimum absolute atomic E-state index is 0.298. The first kappa shape index (κ1) is 24.1. The fraction of sp³-hybridized carbons (Fsp3) is 0.400. The second kappa shape index (κ2) is 16.6. The van der Waals surface area contributed by atoms with Crippen LogP contribution in [0.2, 0.25) is 0 Å². The smallest absolute Gasteiger partial charge is 0.330 e. The molecule has 140 valence electrons. The van der Waals surface area contributed by atoms with Gasteiger partial charge in [0.05, 0.1) is 5.53 Å². The Balaban J connectivity index is 4.10. The van der Waals surface area contributed by atoms with Crippen LogP contribution in [-0.4, -0.2) is 55.0 Å². The third-order valence-corrected chi connectivity index (χ3v) is 13.0. The summed E-state index contributed by atoms with van der Waals surface area (Å²) in [5.74, 6) is 0.590. The first-order valence-corrected chi connectivity index (χ1v) is 13.2. The standard InChI is InChI=1S/C15H21O6PS3/c1-4-13(16)19-7-10-23-22(24-11-8-20-14(17)5-2)25-12-9-21-15(18)6-3/h4-6H,1-3,7-12H2. The van der Waals surface area contributed by atoms with E-state index in [2.05, 4.69) is 19.7 Å². The highest BCUT2D eigenvalue weighted by Crippen LogP contribution is 2.69. The molecule has 0 bridgehead atoms. The van der Waals surface area contributed by atoms with Gasteiger partial charge >= 0.3 is 17.9 Å². The highest BCUT2D eigenvalue weighted by atomic mass is 33.4. The van der Waals surface area contributed by atoms with Crippen molar-refractivity contribution in [3.63, 3.8) is 0 Å².